The van der Waals surface area contributed by atoms with Crippen LogP contribution in [0, 0.1) is 0 Å². The smallest absolute Gasteiger partial charge is 0.652 e. The van der Waals surface area contributed by atoms with Crippen molar-refractivity contribution in [1.29, 1.82) is 0 Å². The van der Waals surface area contributed by atoms with Crippen molar-refractivity contribution < 1.29 is 69.6 Å². The van der Waals surface area contributed by atoms with Crippen LogP contribution >= 0.6 is 0 Å². The molecule has 0 aliphatic heterocycles. The Morgan fingerprint density at radius 3 is 1.17 bits per heavy atom. The number of carbonyl (C=O) groups is 1. The number of carboxylic acid groups (broad SMARTS) is 2. The molecule has 6 heavy (non-hydrogen) atoms. The molecule has 0 aromatic rings. The van der Waals surface area contributed by atoms with E-state index in [0.29, 0.717) is 0 Å². The van der Waals surface area contributed by atoms with E-state index in [1.54, 1.807) is 0 Å². The maximum atomic E-state index is 8.33. The predicted molar refractivity (Wildman–Crippen MR) is 5.40 cm³/mol. The van der Waals surface area contributed by atoms with Gasteiger partial charge in [-0.1, -0.05) is 0 Å². The molecule has 0 aliphatic carbocycles. The fraction of sp³-hybridized carbons (Fsp3) is 0. The second-order valence-electron chi connectivity index (χ2n) is 0.250. The van der Waals surface area contributed by atoms with Crippen molar-refractivity contribution in [2.24, 2.45) is 0 Å². The Morgan fingerprint density at radius 2 is 1.17 bits per heavy atom. The van der Waals surface area contributed by atoms with Crippen molar-refractivity contribution in [3.05, 3.63) is 0 Å². The van der Waals surface area contributed by atoms with Gasteiger partial charge in [-0.25, -0.2) is 0 Å². The second kappa shape index (κ2) is 9.45. The molecule has 0 spiro atoms. The molecule has 0 amide bonds. The Bertz CT molecular complexity index is 31.8. The van der Waals surface area contributed by atoms with E-state index in [1.807, 2.05) is 0 Å². The van der Waals surface area contributed by atoms with Crippen LogP contribution in [-0.2, 0) is 54.6 Å². The van der Waals surface area contributed by atoms with Gasteiger partial charge in [0.2, 0.25) is 0 Å². The largest absolute Gasteiger partial charge is 2.00 e. The van der Waals surface area contributed by atoms with Gasteiger partial charge < -0.3 is 15.0 Å². The van der Waals surface area contributed by atoms with Crippen molar-refractivity contribution >= 4 is 6.16 Å². The molecule has 0 aromatic heterocycles. The van der Waals surface area contributed by atoms with Gasteiger partial charge in [0.25, 0.3) is 0 Å². The summed E-state index contributed by atoms with van der Waals surface area (Å²) in [5.41, 5.74) is 0. The molecule has 0 atom stereocenters. The van der Waals surface area contributed by atoms with Crippen LogP contribution in [0.2, 0.25) is 0 Å². The minimum atomic E-state index is -2.33. The van der Waals surface area contributed by atoms with E-state index in [9.17, 15) is 0 Å². The summed E-state index contributed by atoms with van der Waals surface area (Å²) in [7, 11) is 0. The fourth-order valence-corrected chi connectivity index (χ4v) is 0. The molecule has 24 valence electrons. The van der Waals surface area contributed by atoms with E-state index in [2.05, 4.69) is 0 Å². The van der Waals surface area contributed by atoms with E-state index in [0.717, 1.165) is 0 Å². The van der Waals surface area contributed by atoms with Crippen LogP contribution in [-0.4, -0.2) is 6.16 Å². The van der Waals surface area contributed by atoms with Gasteiger partial charge in [-0.15, -0.1) is 0 Å². The van der Waals surface area contributed by atoms with E-state index in [1.165, 1.54) is 0 Å². The molecule has 0 aromatic carbocycles. The van der Waals surface area contributed by atoms with E-state index >= 15 is 0 Å². The van der Waals surface area contributed by atoms with Gasteiger partial charge in [0.05, 0.1) is 0 Å². The molecular weight excluding hydrogens is 285 g/mol. The third kappa shape index (κ3) is 69.7. The summed E-state index contributed by atoms with van der Waals surface area (Å²) >= 11 is 0. The zero-order chi connectivity index (χ0) is 3.58. The third-order valence-electron chi connectivity index (χ3n) is 0. The van der Waals surface area contributed by atoms with E-state index in [4.69, 9.17) is 15.0 Å². The van der Waals surface area contributed by atoms with Crippen molar-refractivity contribution in [2.45, 2.75) is 0 Å². The summed E-state index contributed by atoms with van der Waals surface area (Å²) in [5.74, 6) is 0. The second-order valence-corrected chi connectivity index (χ2v) is 0.250. The van der Waals surface area contributed by atoms with Crippen molar-refractivity contribution in [3.63, 3.8) is 0 Å². The molecule has 0 radical (unpaired) electrons. The van der Waals surface area contributed by atoms with Crippen LogP contribution in [0.4, 0.5) is 4.79 Å². The van der Waals surface area contributed by atoms with Gasteiger partial charge in [-0.05, 0) is 6.16 Å². The third-order valence-corrected chi connectivity index (χ3v) is 0. The molecule has 0 bridgehead atoms. The first-order chi connectivity index (χ1) is 1.73. The Kier molecular flexibility index (Phi) is 24.7. The summed E-state index contributed by atoms with van der Waals surface area (Å²) in [6.07, 6.45) is -2.33. The van der Waals surface area contributed by atoms with Gasteiger partial charge >= 0.3 is 54.6 Å². The Hall–Kier alpha value is 1.11. The van der Waals surface area contributed by atoms with Crippen LogP contribution in [0.1, 0.15) is 0 Å². The molecule has 0 unspecified atom stereocenters. The van der Waals surface area contributed by atoms with Crippen molar-refractivity contribution in [1.82, 2.24) is 0 Å². The SMILES string of the molecule is O=C([O-])[O-].[Cd+2].[Cd+2]. The van der Waals surface area contributed by atoms with Gasteiger partial charge in [-0.2, -0.15) is 0 Å². The van der Waals surface area contributed by atoms with Gasteiger partial charge in [0, 0.05) is 0 Å². The quantitative estimate of drug-likeness (QED) is 0.464. The number of hydrogen-bond donors (Lipinski definition) is 0. The molecule has 0 fully saturated rings. The van der Waals surface area contributed by atoms with E-state index < -0.39 is 6.16 Å². The monoisotopic (exact) mass is 288 g/mol. The first-order valence-corrected chi connectivity index (χ1v) is 0.612. The average Bonchev–Trinajstić information content (AvgIpc) is 0.811. The summed E-state index contributed by atoms with van der Waals surface area (Å²) in [6.45, 7) is 0. The van der Waals surface area contributed by atoms with Crippen LogP contribution < -0.4 is 10.2 Å². The first kappa shape index (κ1) is 15.7. The van der Waals surface area contributed by atoms with E-state index in [-0.39, 0.29) is 54.6 Å². The zero-order valence-corrected chi connectivity index (χ0v) is 11.2. The fourth-order valence-electron chi connectivity index (χ4n) is 0. The number of rotatable bonds is 0. The summed E-state index contributed by atoms with van der Waals surface area (Å²) in [6, 6.07) is 0. The molecule has 0 heterocycles. The minimum absolute atomic E-state index is 0. The van der Waals surface area contributed by atoms with Gasteiger partial charge in [0.15, 0.2) is 0 Å². The maximum absolute atomic E-state index is 8.33. The van der Waals surface area contributed by atoms with Crippen LogP contribution in [0.3, 0.4) is 0 Å². The molecule has 0 aliphatic rings. The first-order valence-electron chi connectivity index (χ1n) is 0.612. The van der Waals surface area contributed by atoms with Crippen LogP contribution in [0.15, 0.2) is 0 Å². The standard InChI is InChI=1S/CH2O3.2Cd/c2-1(3)4;;/h(H2,2,3,4);;/q;2*+2/p-2. The molecular formula is CCd2O3+2. The molecule has 0 N–H and O–H groups in total. The normalized spacial score (nSPS) is 4.00. The Labute approximate surface area is 75.1 Å². The molecule has 3 nitrogen and oxygen atoms in total. The van der Waals surface area contributed by atoms with Crippen LogP contribution in [0.5, 0.6) is 0 Å². The number of hydrogen-bond acceptors (Lipinski definition) is 3. The summed E-state index contributed by atoms with van der Waals surface area (Å²) in [5, 5.41) is 16.7. The molecule has 0 rings (SSSR count). The number of carbonyl (C=O) groups excluding carboxylic acids is 1. The Morgan fingerprint density at radius 1 is 1.17 bits per heavy atom. The van der Waals surface area contributed by atoms with Crippen molar-refractivity contribution in [3.8, 4) is 0 Å². The van der Waals surface area contributed by atoms with Gasteiger partial charge in [0.1, 0.15) is 0 Å². The summed E-state index contributed by atoms with van der Waals surface area (Å²) < 4.78 is 0. The Balaban J connectivity index is -0.0000000450. The predicted octanol–water partition coefficient (Wildman–Crippen LogP) is -2.45. The van der Waals surface area contributed by atoms with Gasteiger partial charge in [-0.3, -0.25) is 0 Å². The molecule has 5 heteroatoms. The topological polar surface area (TPSA) is 63.2 Å². The zero-order valence-electron chi connectivity index (χ0n) is 3.14. The van der Waals surface area contributed by atoms with Crippen molar-refractivity contribution in [2.75, 3.05) is 0 Å². The molecule has 0 saturated carbocycles. The maximum Gasteiger partial charge on any atom is 2.00 e. The summed E-state index contributed by atoms with van der Waals surface area (Å²) in [4.78, 5) is 8.33. The average molecular weight is 285 g/mol. The molecule has 0 saturated heterocycles. The van der Waals surface area contributed by atoms with Crippen LogP contribution in [0.25, 0.3) is 0 Å². The minimum Gasteiger partial charge on any atom is -0.652 e.